The lowest BCUT2D eigenvalue weighted by atomic mass is 9.92. The molecule has 2 aliphatic rings. The monoisotopic (exact) mass is 410 g/mol. The quantitative estimate of drug-likeness (QED) is 0.783. The van der Waals surface area contributed by atoms with E-state index in [0.29, 0.717) is 51.3 Å². The largest absolute Gasteiger partial charge is 0.342 e. The number of carbonyl (C=O) groups is 1. The van der Waals surface area contributed by atoms with Crippen LogP contribution in [-0.4, -0.2) is 65.4 Å². The number of aromatic amines is 1. The molecule has 3 heterocycles. The SMILES string of the molecule is CCc1cc(=O)[nH]c(C2CCCN(C(=O)C3CCN(S(=O)(=O)CC)CC3)C2)n1. The van der Waals surface area contributed by atoms with Gasteiger partial charge in [-0.25, -0.2) is 17.7 Å². The van der Waals surface area contributed by atoms with Crippen LogP contribution in [-0.2, 0) is 21.2 Å². The number of likely N-dealkylation sites (tertiary alicyclic amines) is 1. The number of aryl methyl sites for hydroxylation is 1. The van der Waals surface area contributed by atoms with Crippen LogP contribution in [0.15, 0.2) is 10.9 Å². The fraction of sp³-hybridized carbons (Fsp3) is 0.737. The van der Waals surface area contributed by atoms with Crippen LogP contribution in [0.4, 0.5) is 0 Å². The third-order valence-electron chi connectivity index (χ3n) is 5.86. The van der Waals surface area contributed by atoms with Gasteiger partial charge in [-0.3, -0.25) is 9.59 Å². The number of hydrogen-bond acceptors (Lipinski definition) is 5. The molecule has 9 heteroatoms. The average molecular weight is 411 g/mol. The molecule has 8 nitrogen and oxygen atoms in total. The number of H-pyrrole nitrogens is 1. The van der Waals surface area contributed by atoms with E-state index in [2.05, 4.69) is 9.97 Å². The highest BCUT2D eigenvalue weighted by Gasteiger charge is 2.34. The van der Waals surface area contributed by atoms with Gasteiger partial charge in [0, 0.05) is 49.8 Å². The summed E-state index contributed by atoms with van der Waals surface area (Å²) in [5.41, 5.74) is 0.626. The molecule has 1 unspecified atom stereocenters. The number of hydrogen-bond donors (Lipinski definition) is 1. The number of rotatable bonds is 5. The fourth-order valence-electron chi connectivity index (χ4n) is 4.13. The van der Waals surface area contributed by atoms with Gasteiger partial charge in [-0.15, -0.1) is 0 Å². The van der Waals surface area contributed by atoms with E-state index in [-0.39, 0.29) is 29.1 Å². The Bertz CT molecular complexity index is 859. The first-order valence-electron chi connectivity index (χ1n) is 10.2. The van der Waals surface area contributed by atoms with Crippen molar-refractivity contribution < 1.29 is 13.2 Å². The number of carbonyl (C=O) groups excluding carboxylic acids is 1. The van der Waals surface area contributed by atoms with Crippen LogP contribution in [0.2, 0.25) is 0 Å². The molecule has 156 valence electrons. The molecule has 1 atom stereocenters. The molecule has 28 heavy (non-hydrogen) atoms. The van der Waals surface area contributed by atoms with Crippen LogP contribution >= 0.6 is 0 Å². The number of aromatic nitrogens is 2. The maximum atomic E-state index is 13.0. The summed E-state index contributed by atoms with van der Waals surface area (Å²) >= 11 is 0. The lowest BCUT2D eigenvalue weighted by Crippen LogP contribution is -2.47. The maximum Gasteiger partial charge on any atom is 0.251 e. The van der Waals surface area contributed by atoms with Crippen molar-refractivity contribution in [3.8, 4) is 0 Å². The maximum absolute atomic E-state index is 13.0. The van der Waals surface area contributed by atoms with Gasteiger partial charge < -0.3 is 9.88 Å². The summed E-state index contributed by atoms with van der Waals surface area (Å²) in [6, 6.07) is 1.52. The number of nitrogens with one attached hydrogen (secondary N) is 1. The Balaban J connectivity index is 1.64. The van der Waals surface area contributed by atoms with E-state index in [9.17, 15) is 18.0 Å². The lowest BCUT2D eigenvalue weighted by Gasteiger charge is -2.37. The second kappa shape index (κ2) is 8.73. The molecule has 2 aliphatic heterocycles. The summed E-state index contributed by atoms with van der Waals surface area (Å²) in [6.07, 6.45) is 3.61. The van der Waals surface area contributed by atoms with Crippen molar-refractivity contribution in [1.29, 1.82) is 0 Å². The van der Waals surface area contributed by atoms with Gasteiger partial charge >= 0.3 is 0 Å². The predicted molar refractivity (Wildman–Crippen MR) is 107 cm³/mol. The minimum absolute atomic E-state index is 0.0393. The Kier molecular flexibility index (Phi) is 6.54. The molecule has 1 N–H and O–H groups in total. The van der Waals surface area contributed by atoms with E-state index >= 15 is 0 Å². The van der Waals surface area contributed by atoms with Crippen molar-refractivity contribution in [3.63, 3.8) is 0 Å². The molecule has 1 aromatic rings. The van der Waals surface area contributed by atoms with Crippen molar-refractivity contribution in [2.45, 2.75) is 51.9 Å². The van der Waals surface area contributed by atoms with Crippen molar-refractivity contribution in [3.05, 3.63) is 27.9 Å². The van der Waals surface area contributed by atoms with Gasteiger partial charge in [0.2, 0.25) is 15.9 Å². The van der Waals surface area contributed by atoms with Crippen LogP contribution < -0.4 is 5.56 Å². The Morgan fingerprint density at radius 1 is 1.21 bits per heavy atom. The Morgan fingerprint density at radius 2 is 1.93 bits per heavy atom. The van der Waals surface area contributed by atoms with Gasteiger partial charge in [0.05, 0.1) is 5.75 Å². The van der Waals surface area contributed by atoms with E-state index in [0.717, 1.165) is 18.5 Å². The zero-order valence-corrected chi connectivity index (χ0v) is 17.5. The first kappa shape index (κ1) is 21.0. The third-order valence-corrected chi connectivity index (χ3v) is 7.74. The van der Waals surface area contributed by atoms with E-state index in [1.54, 1.807) is 6.92 Å². The third kappa shape index (κ3) is 4.63. The van der Waals surface area contributed by atoms with Crippen LogP contribution in [0.5, 0.6) is 0 Å². The Morgan fingerprint density at radius 3 is 2.57 bits per heavy atom. The topological polar surface area (TPSA) is 103 Å². The molecule has 3 rings (SSSR count). The van der Waals surface area contributed by atoms with Crippen LogP contribution in [0.25, 0.3) is 0 Å². The highest BCUT2D eigenvalue weighted by atomic mass is 32.2. The standard InChI is InChI=1S/C19H30N4O4S/c1-3-16-12-17(24)21-18(20-16)15-6-5-9-22(13-15)19(25)14-7-10-23(11-8-14)28(26,27)4-2/h12,14-15H,3-11,13H2,1-2H3,(H,20,21,24). The number of sulfonamides is 1. The summed E-state index contributed by atoms with van der Waals surface area (Å²) in [5, 5.41) is 0. The summed E-state index contributed by atoms with van der Waals surface area (Å²) in [5.74, 6) is 0.785. The highest BCUT2D eigenvalue weighted by molar-refractivity contribution is 7.89. The molecule has 0 spiro atoms. The van der Waals surface area contributed by atoms with Crippen molar-refractivity contribution >= 4 is 15.9 Å². The van der Waals surface area contributed by atoms with Crippen LogP contribution in [0.1, 0.15) is 57.0 Å². The van der Waals surface area contributed by atoms with Crippen molar-refractivity contribution in [2.24, 2.45) is 5.92 Å². The molecule has 2 fully saturated rings. The van der Waals surface area contributed by atoms with Gasteiger partial charge in [0.15, 0.2) is 0 Å². The summed E-state index contributed by atoms with van der Waals surface area (Å²) in [6.45, 7) is 5.71. The second-order valence-corrected chi connectivity index (χ2v) is 9.93. The average Bonchev–Trinajstić information content (AvgIpc) is 2.73. The van der Waals surface area contributed by atoms with Gasteiger partial charge in [-0.05, 0) is 39.0 Å². The van der Waals surface area contributed by atoms with Gasteiger partial charge in [-0.1, -0.05) is 6.92 Å². The number of nitrogens with zero attached hydrogens (tertiary/aromatic N) is 3. The molecule has 0 saturated carbocycles. The Labute approximate surface area is 166 Å². The molecule has 1 aromatic heterocycles. The van der Waals surface area contributed by atoms with E-state index in [1.807, 2.05) is 11.8 Å². The molecular weight excluding hydrogens is 380 g/mol. The summed E-state index contributed by atoms with van der Waals surface area (Å²) in [4.78, 5) is 34.2. The molecule has 0 aromatic carbocycles. The van der Waals surface area contributed by atoms with Gasteiger partial charge in [0.1, 0.15) is 5.82 Å². The molecule has 0 radical (unpaired) electrons. The lowest BCUT2D eigenvalue weighted by molar-refractivity contribution is -0.138. The summed E-state index contributed by atoms with van der Waals surface area (Å²) < 4.78 is 25.5. The van der Waals surface area contributed by atoms with Gasteiger partial charge in [0.25, 0.3) is 5.56 Å². The van der Waals surface area contributed by atoms with Crippen molar-refractivity contribution in [1.82, 2.24) is 19.2 Å². The predicted octanol–water partition coefficient (Wildman–Crippen LogP) is 1.10. The fourth-order valence-corrected chi connectivity index (χ4v) is 5.26. The van der Waals surface area contributed by atoms with Crippen molar-refractivity contribution in [2.75, 3.05) is 31.9 Å². The van der Waals surface area contributed by atoms with Crippen LogP contribution in [0.3, 0.4) is 0 Å². The number of piperidine rings is 2. The molecule has 0 bridgehead atoms. The van der Waals surface area contributed by atoms with E-state index in [1.165, 1.54) is 10.4 Å². The molecule has 0 aliphatic carbocycles. The first-order valence-corrected chi connectivity index (χ1v) is 11.8. The molecule has 2 saturated heterocycles. The second-order valence-electron chi connectivity index (χ2n) is 7.67. The Hall–Kier alpha value is -1.74. The summed E-state index contributed by atoms with van der Waals surface area (Å²) in [7, 11) is -3.18. The first-order chi connectivity index (χ1) is 13.3. The smallest absolute Gasteiger partial charge is 0.251 e. The normalized spacial score (nSPS) is 22.4. The molecule has 1 amide bonds. The zero-order chi connectivity index (χ0) is 20.3. The minimum Gasteiger partial charge on any atom is -0.342 e. The highest BCUT2D eigenvalue weighted by Crippen LogP contribution is 2.28. The molecular formula is C19H30N4O4S. The number of amides is 1. The minimum atomic E-state index is -3.18. The van der Waals surface area contributed by atoms with E-state index < -0.39 is 10.0 Å². The van der Waals surface area contributed by atoms with E-state index in [4.69, 9.17) is 0 Å². The van der Waals surface area contributed by atoms with Gasteiger partial charge in [-0.2, -0.15) is 0 Å². The van der Waals surface area contributed by atoms with Crippen LogP contribution in [0, 0.1) is 5.92 Å². The zero-order valence-electron chi connectivity index (χ0n) is 16.7.